The molecule has 0 amide bonds. The van der Waals surface area contributed by atoms with Crippen molar-refractivity contribution in [3.63, 3.8) is 0 Å². The molecular formula is C10H19N. The molecule has 0 aliphatic heterocycles. The zero-order valence-corrected chi connectivity index (χ0v) is 7.80. The van der Waals surface area contributed by atoms with Crippen LogP contribution in [0.2, 0.25) is 0 Å². The third-order valence-electron chi connectivity index (χ3n) is 1.51. The van der Waals surface area contributed by atoms with Crippen LogP contribution in [0.4, 0.5) is 0 Å². The summed E-state index contributed by atoms with van der Waals surface area (Å²) in [5, 5.41) is 0. The average molecular weight is 153 g/mol. The van der Waals surface area contributed by atoms with E-state index >= 15 is 0 Å². The van der Waals surface area contributed by atoms with Crippen molar-refractivity contribution in [2.75, 3.05) is 0 Å². The minimum Gasteiger partial charge on any atom is -0.324 e. The molecule has 1 heteroatoms. The fraction of sp³-hybridized carbons (Fsp3) is 0.600. The number of nitrogens with two attached hydrogens (primary N) is 1. The Labute approximate surface area is 70.0 Å². The van der Waals surface area contributed by atoms with Gasteiger partial charge < -0.3 is 5.73 Å². The predicted octanol–water partition coefficient (Wildman–Crippen LogP) is 2.49. The van der Waals surface area contributed by atoms with E-state index in [2.05, 4.69) is 26.5 Å². The minimum absolute atomic E-state index is 0.162. The van der Waals surface area contributed by atoms with E-state index in [1.54, 1.807) is 0 Å². The molecule has 0 saturated heterocycles. The molecule has 2 N–H and O–H groups in total. The molecule has 0 aromatic carbocycles. The lowest BCUT2D eigenvalue weighted by molar-refractivity contribution is 0.767. The van der Waals surface area contributed by atoms with Gasteiger partial charge in [-0.15, -0.1) is 6.58 Å². The predicted molar refractivity (Wildman–Crippen MR) is 51.4 cm³/mol. The Morgan fingerprint density at radius 1 is 1.45 bits per heavy atom. The van der Waals surface area contributed by atoms with Crippen molar-refractivity contribution >= 4 is 0 Å². The van der Waals surface area contributed by atoms with Crippen molar-refractivity contribution in [3.05, 3.63) is 24.3 Å². The van der Waals surface area contributed by atoms with E-state index in [1.165, 1.54) is 5.57 Å². The van der Waals surface area contributed by atoms with Crippen LogP contribution in [-0.2, 0) is 0 Å². The van der Waals surface area contributed by atoms with E-state index in [9.17, 15) is 0 Å². The normalized spacial score (nSPS) is 15.2. The van der Waals surface area contributed by atoms with Gasteiger partial charge in [-0.05, 0) is 19.3 Å². The van der Waals surface area contributed by atoms with Gasteiger partial charge in [0, 0.05) is 6.04 Å². The van der Waals surface area contributed by atoms with Gasteiger partial charge in [-0.1, -0.05) is 31.6 Å². The molecule has 0 aromatic rings. The topological polar surface area (TPSA) is 26.0 Å². The highest BCUT2D eigenvalue weighted by Crippen LogP contribution is 2.09. The minimum atomic E-state index is 0.162. The maximum atomic E-state index is 5.75. The Bertz CT molecular complexity index is 143. The number of hydrogen-bond acceptors (Lipinski definition) is 1. The van der Waals surface area contributed by atoms with E-state index in [0.29, 0.717) is 5.92 Å². The molecule has 0 unspecified atom stereocenters. The van der Waals surface area contributed by atoms with Crippen LogP contribution < -0.4 is 5.73 Å². The molecule has 0 aliphatic carbocycles. The Balaban J connectivity index is 4.19. The third-order valence-corrected chi connectivity index (χ3v) is 1.51. The monoisotopic (exact) mass is 153 g/mol. The fourth-order valence-electron chi connectivity index (χ4n) is 1.00. The summed E-state index contributed by atoms with van der Waals surface area (Å²) in [6.45, 7) is 10.0. The van der Waals surface area contributed by atoms with Gasteiger partial charge in [0.25, 0.3) is 0 Å². The van der Waals surface area contributed by atoms with Gasteiger partial charge in [-0.3, -0.25) is 0 Å². The summed E-state index contributed by atoms with van der Waals surface area (Å²) >= 11 is 0. The highest BCUT2D eigenvalue weighted by molar-refractivity contribution is 5.12. The molecule has 0 rings (SSSR count). The Morgan fingerprint density at radius 2 is 2.00 bits per heavy atom. The summed E-state index contributed by atoms with van der Waals surface area (Å²) in [5.74, 6) is 0.580. The number of hydrogen-bond donors (Lipinski definition) is 1. The van der Waals surface area contributed by atoms with Crippen molar-refractivity contribution in [1.82, 2.24) is 0 Å². The van der Waals surface area contributed by atoms with Crippen molar-refractivity contribution in [3.8, 4) is 0 Å². The molecule has 0 aromatic heterocycles. The summed E-state index contributed by atoms with van der Waals surface area (Å²) in [6.07, 6.45) is 5.03. The Morgan fingerprint density at radius 3 is 2.27 bits per heavy atom. The second-order valence-corrected chi connectivity index (χ2v) is 3.27. The molecule has 0 bridgehead atoms. The van der Waals surface area contributed by atoms with Crippen molar-refractivity contribution < 1.29 is 0 Å². The van der Waals surface area contributed by atoms with Gasteiger partial charge in [0.1, 0.15) is 0 Å². The van der Waals surface area contributed by atoms with E-state index in [-0.39, 0.29) is 6.04 Å². The van der Waals surface area contributed by atoms with Crippen LogP contribution in [0, 0.1) is 5.92 Å². The fourth-order valence-corrected chi connectivity index (χ4v) is 1.00. The lowest BCUT2D eigenvalue weighted by atomic mass is 10.0. The van der Waals surface area contributed by atoms with Crippen LogP contribution in [0.15, 0.2) is 24.3 Å². The van der Waals surface area contributed by atoms with Crippen LogP contribution in [0.5, 0.6) is 0 Å². The van der Waals surface area contributed by atoms with Gasteiger partial charge >= 0.3 is 0 Å². The molecule has 0 saturated carbocycles. The SMILES string of the molecule is C=CCC(=CC(C)C)[C@H](C)N. The van der Waals surface area contributed by atoms with E-state index < -0.39 is 0 Å². The zero-order valence-electron chi connectivity index (χ0n) is 7.80. The molecule has 1 atom stereocenters. The quantitative estimate of drug-likeness (QED) is 0.617. The number of rotatable bonds is 4. The Kier molecular flexibility index (Phi) is 4.88. The second kappa shape index (κ2) is 5.14. The van der Waals surface area contributed by atoms with E-state index in [0.717, 1.165) is 6.42 Å². The smallest absolute Gasteiger partial charge is 0.0227 e. The van der Waals surface area contributed by atoms with Gasteiger partial charge in [0.05, 0.1) is 0 Å². The highest BCUT2D eigenvalue weighted by Gasteiger charge is 2.01. The first-order chi connectivity index (χ1) is 5.07. The van der Waals surface area contributed by atoms with Crippen molar-refractivity contribution in [2.24, 2.45) is 11.7 Å². The summed E-state index contributed by atoms with van der Waals surface area (Å²) in [7, 11) is 0. The molecule has 0 radical (unpaired) electrons. The lowest BCUT2D eigenvalue weighted by Crippen LogP contribution is -2.18. The van der Waals surface area contributed by atoms with Gasteiger partial charge in [-0.25, -0.2) is 0 Å². The van der Waals surface area contributed by atoms with Gasteiger partial charge in [0.2, 0.25) is 0 Å². The second-order valence-electron chi connectivity index (χ2n) is 3.27. The summed E-state index contributed by atoms with van der Waals surface area (Å²) in [4.78, 5) is 0. The summed E-state index contributed by atoms with van der Waals surface area (Å²) in [5.41, 5.74) is 7.04. The zero-order chi connectivity index (χ0) is 8.85. The first-order valence-electron chi connectivity index (χ1n) is 4.15. The third kappa shape index (κ3) is 4.79. The molecule has 0 fully saturated rings. The Hall–Kier alpha value is -0.560. The standard InChI is InChI=1S/C10H19N/c1-5-6-10(9(4)11)7-8(2)3/h5,7-9H,1,6,11H2,2-4H3/t9-/m0/s1. The molecular weight excluding hydrogens is 134 g/mol. The van der Waals surface area contributed by atoms with Crippen LogP contribution in [0.1, 0.15) is 27.2 Å². The van der Waals surface area contributed by atoms with E-state index in [1.807, 2.05) is 13.0 Å². The molecule has 0 spiro atoms. The maximum absolute atomic E-state index is 5.75. The van der Waals surface area contributed by atoms with Gasteiger partial charge in [0.15, 0.2) is 0 Å². The summed E-state index contributed by atoms with van der Waals surface area (Å²) in [6, 6.07) is 0.162. The first kappa shape index (κ1) is 10.4. The summed E-state index contributed by atoms with van der Waals surface area (Å²) < 4.78 is 0. The lowest BCUT2D eigenvalue weighted by Gasteiger charge is -2.10. The highest BCUT2D eigenvalue weighted by atomic mass is 14.6. The maximum Gasteiger partial charge on any atom is 0.0227 e. The van der Waals surface area contributed by atoms with Crippen LogP contribution in [-0.4, -0.2) is 6.04 Å². The van der Waals surface area contributed by atoms with Crippen molar-refractivity contribution in [1.29, 1.82) is 0 Å². The van der Waals surface area contributed by atoms with Crippen LogP contribution in [0.25, 0.3) is 0 Å². The van der Waals surface area contributed by atoms with Crippen LogP contribution >= 0.6 is 0 Å². The first-order valence-corrected chi connectivity index (χ1v) is 4.15. The molecule has 0 heterocycles. The molecule has 1 nitrogen and oxygen atoms in total. The van der Waals surface area contributed by atoms with Crippen LogP contribution in [0.3, 0.4) is 0 Å². The number of allylic oxidation sites excluding steroid dienone is 2. The average Bonchev–Trinajstić information content (AvgIpc) is 1.86. The van der Waals surface area contributed by atoms with E-state index in [4.69, 9.17) is 5.73 Å². The molecule has 64 valence electrons. The molecule has 11 heavy (non-hydrogen) atoms. The molecule has 0 aliphatic rings. The van der Waals surface area contributed by atoms with Gasteiger partial charge in [-0.2, -0.15) is 0 Å². The van der Waals surface area contributed by atoms with Crippen molar-refractivity contribution in [2.45, 2.75) is 33.2 Å². The largest absolute Gasteiger partial charge is 0.324 e.